The van der Waals surface area contributed by atoms with Gasteiger partial charge in [0.1, 0.15) is 5.75 Å². The van der Waals surface area contributed by atoms with Crippen LogP contribution in [0.5, 0.6) is 5.75 Å². The standard InChI is InChI=1S/C8H8N2O/c1-5-2-3-7-6(8(5)11)4-9-10-7/h2-4,11H,1H3,(H,9,10). The van der Waals surface area contributed by atoms with E-state index in [-0.39, 0.29) is 0 Å². The lowest BCUT2D eigenvalue weighted by molar-refractivity contribution is 0.477. The Labute approximate surface area is 63.7 Å². The molecule has 0 bridgehead atoms. The first kappa shape index (κ1) is 6.22. The van der Waals surface area contributed by atoms with Crippen molar-refractivity contribution >= 4 is 10.9 Å². The minimum Gasteiger partial charge on any atom is -0.507 e. The molecule has 0 saturated heterocycles. The van der Waals surface area contributed by atoms with Gasteiger partial charge in [-0.3, -0.25) is 5.10 Å². The number of aromatic amines is 1. The van der Waals surface area contributed by atoms with E-state index in [1.807, 2.05) is 19.1 Å². The van der Waals surface area contributed by atoms with E-state index >= 15 is 0 Å². The number of aryl methyl sites for hydroxylation is 1. The number of aromatic nitrogens is 2. The molecular formula is C8H8N2O. The van der Waals surface area contributed by atoms with Gasteiger partial charge in [0.05, 0.1) is 17.1 Å². The fourth-order valence-electron chi connectivity index (χ4n) is 1.11. The Kier molecular flexibility index (Phi) is 1.12. The number of rotatable bonds is 0. The Morgan fingerprint density at radius 3 is 3.09 bits per heavy atom. The second-order valence-electron chi connectivity index (χ2n) is 2.56. The number of phenolic OH excluding ortho intramolecular Hbond substituents is 1. The number of hydrogen-bond acceptors (Lipinski definition) is 2. The Bertz CT molecular complexity index is 392. The molecule has 0 aliphatic heterocycles. The molecule has 2 aromatic rings. The molecule has 11 heavy (non-hydrogen) atoms. The van der Waals surface area contributed by atoms with Gasteiger partial charge in [-0.25, -0.2) is 0 Å². The van der Waals surface area contributed by atoms with Crippen molar-refractivity contribution in [3.8, 4) is 5.75 Å². The summed E-state index contributed by atoms with van der Waals surface area (Å²) < 4.78 is 0. The third-order valence-electron chi connectivity index (χ3n) is 1.80. The van der Waals surface area contributed by atoms with Crippen LogP contribution in [-0.2, 0) is 0 Å². The van der Waals surface area contributed by atoms with Crippen LogP contribution >= 0.6 is 0 Å². The molecule has 0 atom stereocenters. The second kappa shape index (κ2) is 1.99. The fraction of sp³-hybridized carbons (Fsp3) is 0.125. The highest BCUT2D eigenvalue weighted by Crippen LogP contribution is 2.25. The number of nitrogens with zero attached hydrogens (tertiary/aromatic N) is 1. The molecule has 56 valence electrons. The maximum absolute atomic E-state index is 9.49. The van der Waals surface area contributed by atoms with Crippen molar-refractivity contribution in [2.45, 2.75) is 6.92 Å². The van der Waals surface area contributed by atoms with Gasteiger partial charge in [-0.1, -0.05) is 6.07 Å². The van der Waals surface area contributed by atoms with Crippen molar-refractivity contribution in [3.63, 3.8) is 0 Å². The predicted octanol–water partition coefficient (Wildman–Crippen LogP) is 1.58. The number of fused-ring (bicyclic) bond motifs is 1. The van der Waals surface area contributed by atoms with Crippen LogP contribution in [0.4, 0.5) is 0 Å². The SMILES string of the molecule is Cc1ccc2[nH]ncc2c1O. The topological polar surface area (TPSA) is 48.9 Å². The molecule has 0 spiro atoms. The Morgan fingerprint density at radius 2 is 2.27 bits per heavy atom. The molecule has 0 fully saturated rings. The molecule has 2 rings (SSSR count). The van der Waals surface area contributed by atoms with E-state index in [1.54, 1.807) is 6.20 Å². The summed E-state index contributed by atoms with van der Waals surface area (Å²) in [5.41, 5.74) is 1.74. The van der Waals surface area contributed by atoms with Crippen LogP contribution < -0.4 is 0 Å². The van der Waals surface area contributed by atoms with E-state index in [4.69, 9.17) is 0 Å². The number of phenols is 1. The quantitative estimate of drug-likeness (QED) is 0.595. The smallest absolute Gasteiger partial charge is 0.129 e. The number of nitrogens with one attached hydrogen (secondary N) is 1. The molecule has 3 nitrogen and oxygen atoms in total. The van der Waals surface area contributed by atoms with Crippen LogP contribution in [0.25, 0.3) is 10.9 Å². The van der Waals surface area contributed by atoms with Gasteiger partial charge >= 0.3 is 0 Å². The van der Waals surface area contributed by atoms with E-state index in [9.17, 15) is 5.11 Å². The molecule has 0 saturated carbocycles. The summed E-state index contributed by atoms with van der Waals surface area (Å²) in [6, 6.07) is 3.76. The van der Waals surface area contributed by atoms with Crippen LogP contribution in [-0.4, -0.2) is 15.3 Å². The summed E-state index contributed by atoms with van der Waals surface area (Å²) in [6.07, 6.45) is 1.62. The number of H-pyrrole nitrogens is 1. The largest absolute Gasteiger partial charge is 0.507 e. The van der Waals surface area contributed by atoms with Crippen molar-refractivity contribution in [2.24, 2.45) is 0 Å². The molecule has 0 aliphatic rings. The molecule has 0 amide bonds. The lowest BCUT2D eigenvalue weighted by Gasteiger charge is -1.97. The predicted molar refractivity (Wildman–Crippen MR) is 42.5 cm³/mol. The molecule has 3 heteroatoms. The monoisotopic (exact) mass is 148 g/mol. The van der Waals surface area contributed by atoms with Gasteiger partial charge in [0.25, 0.3) is 0 Å². The molecule has 1 aromatic carbocycles. The summed E-state index contributed by atoms with van der Waals surface area (Å²) in [5, 5.41) is 16.9. The van der Waals surface area contributed by atoms with Crippen molar-refractivity contribution in [3.05, 3.63) is 23.9 Å². The Hall–Kier alpha value is -1.51. The third-order valence-corrected chi connectivity index (χ3v) is 1.80. The normalized spacial score (nSPS) is 10.6. The first-order valence-electron chi connectivity index (χ1n) is 3.40. The highest BCUT2D eigenvalue weighted by atomic mass is 16.3. The first-order valence-corrected chi connectivity index (χ1v) is 3.40. The van der Waals surface area contributed by atoms with E-state index in [1.165, 1.54) is 0 Å². The van der Waals surface area contributed by atoms with E-state index in [2.05, 4.69) is 10.2 Å². The Balaban J connectivity index is 2.93. The van der Waals surface area contributed by atoms with Gasteiger partial charge in [-0.15, -0.1) is 0 Å². The summed E-state index contributed by atoms with van der Waals surface area (Å²) in [6.45, 7) is 1.86. The molecule has 1 heterocycles. The number of benzene rings is 1. The summed E-state index contributed by atoms with van der Waals surface area (Å²) in [7, 11) is 0. The van der Waals surface area contributed by atoms with Crippen molar-refractivity contribution in [2.75, 3.05) is 0 Å². The number of aromatic hydroxyl groups is 1. The Morgan fingerprint density at radius 1 is 1.45 bits per heavy atom. The maximum Gasteiger partial charge on any atom is 0.129 e. The van der Waals surface area contributed by atoms with E-state index < -0.39 is 0 Å². The highest BCUT2D eigenvalue weighted by Gasteiger charge is 2.02. The lowest BCUT2D eigenvalue weighted by Crippen LogP contribution is -1.74. The summed E-state index contributed by atoms with van der Waals surface area (Å²) in [4.78, 5) is 0. The maximum atomic E-state index is 9.49. The molecule has 0 aliphatic carbocycles. The van der Waals surface area contributed by atoms with Gasteiger partial charge in [0.15, 0.2) is 0 Å². The minimum atomic E-state index is 0.316. The van der Waals surface area contributed by atoms with Crippen molar-refractivity contribution in [1.29, 1.82) is 0 Å². The molecule has 0 unspecified atom stereocenters. The fourth-order valence-corrected chi connectivity index (χ4v) is 1.11. The summed E-state index contributed by atoms with van der Waals surface area (Å²) in [5.74, 6) is 0.316. The molecule has 1 aromatic heterocycles. The van der Waals surface area contributed by atoms with E-state index in [0.717, 1.165) is 16.5 Å². The molecular weight excluding hydrogens is 140 g/mol. The van der Waals surface area contributed by atoms with Crippen LogP contribution in [0.15, 0.2) is 18.3 Å². The van der Waals surface area contributed by atoms with Gasteiger partial charge in [0, 0.05) is 0 Å². The highest BCUT2D eigenvalue weighted by molar-refractivity contribution is 5.85. The zero-order chi connectivity index (χ0) is 7.84. The lowest BCUT2D eigenvalue weighted by atomic mass is 10.1. The van der Waals surface area contributed by atoms with Gasteiger partial charge < -0.3 is 5.11 Å². The van der Waals surface area contributed by atoms with Crippen LogP contribution in [0.1, 0.15) is 5.56 Å². The van der Waals surface area contributed by atoms with Crippen LogP contribution in [0.2, 0.25) is 0 Å². The van der Waals surface area contributed by atoms with Crippen molar-refractivity contribution in [1.82, 2.24) is 10.2 Å². The number of hydrogen-bond donors (Lipinski definition) is 2. The van der Waals surface area contributed by atoms with Gasteiger partial charge in [0.2, 0.25) is 0 Å². The average Bonchev–Trinajstić information content (AvgIpc) is 2.45. The van der Waals surface area contributed by atoms with Gasteiger partial charge in [-0.05, 0) is 18.6 Å². The average molecular weight is 148 g/mol. The van der Waals surface area contributed by atoms with Gasteiger partial charge in [-0.2, -0.15) is 5.10 Å². The van der Waals surface area contributed by atoms with Crippen LogP contribution in [0.3, 0.4) is 0 Å². The minimum absolute atomic E-state index is 0.316. The van der Waals surface area contributed by atoms with E-state index in [0.29, 0.717) is 5.75 Å². The van der Waals surface area contributed by atoms with Crippen LogP contribution in [0, 0.1) is 6.92 Å². The second-order valence-corrected chi connectivity index (χ2v) is 2.56. The van der Waals surface area contributed by atoms with Crippen molar-refractivity contribution < 1.29 is 5.11 Å². The third kappa shape index (κ3) is 0.774. The zero-order valence-electron chi connectivity index (χ0n) is 6.13. The first-order chi connectivity index (χ1) is 5.29. The summed E-state index contributed by atoms with van der Waals surface area (Å²) >= 11 is 0. The molecule has 2 N–H and O–H groups in total. The molecule has 0 radical (unpaired) electrons. The zero-order valence-corrected chi connectivity index (χ0v) is 6.13.